The molecule has 0 radical (unpaired) electrons. The summed E-state index contributed by atoms with van der Waals surface area (Å²) in [6, 6.07) is 2.21. The summed E-state index contributed by atoms with van der Waals surface area (Å²) in [5.74, 6) is 3.09. The van der Waals surface area contributed by atoms with E-state index >= 15 is 0 Å². The molecule has 2 fully saturated rings. The first-order valence-electron chi connectivity index (χ1n) is 9.08. The summed E-state index contributed by atoms with van der Waals surface area (Å²) in [6.07, 6.45) is 4.61. The molecule has 0 bridgehead atoms. The molecule has 0 spiro atoms. The fourth-order valence-corrected chi connectivity index (χ4v) is 4.04. The van der Waals surface area contributed by atoms with Gasteiger partial charge in [-0.2, -0.15) is 9.97 Å². The third kappa shape index (κ3) is 4.14. The number of amides is 1. The Labute approximate surface area is 149 Å². The first-order valence-corrected chi connectivity index (χ1v) is 9.08. The number of carbonyl (C=O) groups excluding carboxylic acids is 1. The molecule has 2 saturated heterocycles. The first kappa shape index (κ1) is 17.8. The Morgan fingerprint density at radius 1 is 1.00 bits per heavy atom. The number of hydrogen-bond donors (Lipinski definition) is 0. The molecule has 0 aliphatic carbocycles. The molecule has 138 valence electrons. The van der Waals surface area contributed by atoms with Crippen LogP contribution in [0.3, 0.4) is 0 Å². The molecule has 0 unspecified atom stereocenters. The number of rotatable bonds is 4. The number of piperidine rings is 2. The van der Waals surface area contributed by atoms with Gasteiger partial charge in [0.05, 0.1) is 14.2 Å². The van der Waals surface area contributed by atoms with Gasteiger partial charge in [-0.3, -0.25) is 4.79 Å². The van der Waals surface area contributed by atoms with Crippen LogP contribution in [0.25, 0.3) is 0 Å². The lowest BCUT2D eigenvalue weighted by atomic mass is 9.79. The quantitative estimate of drug-likeness (QED) is 0.829. The Kier molecular flexibility index (Phi) is 5.60. The first-order chi connectivity index (χ1) is 12.1. The lowest BCUT2D eigenvalue weighted by molar-refractivity contribution is -0.130. The second-order valence-corrected chi connectivity index (χ2v) is 6.92. The minimum atomic E-state index is 0.208. The van der Waals surface area contributed by atoms with Crippen molar-refractivity contribution in [1.29, 1.82) is 0 Å². The topological polar surface area (TPSA) is 67.8 Å². The number of hydrogen-bond acceptors (Lipinski definition) is 6. The van der Waals surface area contributed by atoms with E-state index in [2.05, 4.69) is 14.9 Å². The third-order valence-electron chi connectivity index (χ3n) is 5.58. The minimum Gasteiger partial charge on any atom is -0.481 e. The summed E-state index contributed by atoms with van der Waals surface area (Å²) in [4.78, 5) is 24.4. The van der Waals surface area contributed by atoms with Crippen molar-refractivity contribution in [2.75, 3.05) is 45.3 Å². The van der Waals surface area contributed by atoms with Crippen LogP contribution in [0.5, 0.6) is 11.9 Å². The zero-order valence-corrected chi connectivity index (χ0v) is 15.4. The van der Waals surface area contributed by atoms with Crippen molar-refractivity contribution in [2.45, 2.75) is 32.6 Å². The fraction of sp³-hybridized carbons (Fsp3) is 0.722. The SMILES string of the molecule is COc1cc(N2CCC(C3CCN(C(C)=O)CC3)CC2)nc(OC)n1. The molecule has 7 heteroatoms. The average Bonchev–Trinajstić information content (AvgIpc) is 2.67. The molecule has 7 nitrogen and oxygen atoms in total. The Morgan fingerprint density at radius 3 is 2.12 bits per heavy atom. The standard InChI is InChI=1S/C18H28N4O3/c1-13(23)21-8-4-14(5-9-21)15-6-10-22(11-7-15)16-12-17(24-2)20-18(19-16)25-3/h12,14-15H,4-11H2,1-3H3. The number of likely N-dealkylation sites (tertiary alicyclic amines) is 1. The van der Waals surface area contributed by atoms with Crippen molar-refractivity contribution >= 4 is 11.7 Å². The van der Waals surface area contributed by atoms with Crippen LogP contribution in [0.15, 0.2) is 6.07 Å². The fourth-order valence-electron chi connectivity index (χ4n) is 4.04. The number of nitrogens with zero attached hydrogens (tertiary/aromatic N) is 4. The molecule has 0 N–H and O–H groups in total. The van der Waals surface area contributed by atoms with E-state index in [4.69, 9.17) is 9.47 Å². The summed E-state index contributed by atoms with van der Waals surface area (Å²) in [5.41, 5.74) is 0. The van der Waals surface area contributed by atoms with E-state index in [9.17, 15) is 4.79 Å². The van der Waals surface area contributed by atoms with Gasteiger partial charge in [-0.25, -0.2) is 0 Å². The molecular weight excluding hydrogens is 320 g/mol. The van der Waals surface area contributed by atoms with Crippen molar-refractivity contribution in [2.24, 2.45) is 11.8 Å². The number of carbonyl (C=O) groups is 1. The van der Waals surface area contributed by atoms with Gasteiger partial charge in [0, 0.05) is 39.2 Å². The van der Waals surface area contributed by atoms with E-state index < -0.39 is 0 Å². The van der Waals surface area contributed by atoms with Gasteiger partial charge in [-0.15, -0.1) is 0 Å². The van der Waals surface area contributed by atoms with Gasteiger partial charge >= 0.3 is 6.01 Å². The zero-order chi connectivity index (χ0) is 17.8. The maximum atomic E-state index is 11.5. The number of methoxy groups -OCH3 is 2. The number of ether oxygens (including phenoxy) is 2. The highest BCUT2D eigenvalue weighted by atomic mass is 16.5. The van der Waals surface area contributed by atoms with Gasteiger partial charge in [0.25, 0.3) is 0 Å². The molecule has 2 aliphatic heterocycles. The van der Waals surface area contributed by atoms with Crippen molar-refractivity contribution < 1.29 is 14.3 Å². The van der Waals surface area contributed by atoms with Gasteiger partial charge < -0.3 is 19.3 Å². The van der Waals surface area contributed by atoms with E-state index in [-0.39, 0.29) is 5.91 Å². The second kappa shape index (κ2) is 7.89. The molecule has 2 aliphatic rings. The highest BCUT2D eigenvalue weighted by Gasteiger charge is 2.30. The van der Waals surface area contributed by atoms with Crippen LogP contribution in [-0.2, 0) is 4.79 Å². The number of anilines is 1. The van der Waals surface area contributed by atoms with Crippen LogP contribution >= 0.6 is 0 Å². The van der Waals surface area contributed by atoms with Gasteiger partial charge in [-0.1, -0.05) is 0 Å². The molecular formula is C18H28N4O3. The largest absolute Gasteiger partial charge is 0.481 e. The van der Waals surface area contributed by atoms with Crippen LogP contribution < -0.4 is 14.4 Å². The van der Waals surface area contributed by atoms with Crippen molar-refractivity contribution in [3.05, 3.63) is 6.07 Å². The number of aromatic nitrogens is 2. The van der Waals surface area contributed by atoms with E-state index in [1.165, 1.54) is 12.8 Å². The van der Waals surface area contributed by atoms with Crippen LogP contribution in [-0.4, -0.2) is 61.2 Å². The predicted molar refractivity (Wildman–Crippen MR) is 95.1 cm³/mol. The maximum Gasteiger partial charge on any atom is 0.321 e. The smallest absolute Gasteiger partial charge is 0.321 e. The normalized spacial score (nSPS) is 19.8. The van der Waals surface area contributed by atoms with Crippen LogP contribution in [0.1, 0.15) is 32.6 Å². The Morgan fingerprint density at radius 2 is 1.60 bits per heavy atom. The summed E-state index contributed by atoms with van der Waals surface area (Å²) in [6.45, 7) is 5.48. The van der Waals surface area contributed by atoms with Crippen LogP contribution in [0.4, 0.5) is 5.82 Å². The van der Waals surface area contributed by atoms with Crippen LogP contribution in [0.2, 0.25) is 0 Å². The molecule has 3 heterocycles. The maximum absolute atomic E-state index is 11.5. The lowest BCUT2D eigenvalue weighted by Crippen LogP contribution is -2.42. The predicted octanol–water partition coefficient (Wildman–Crippen LogP) is 1.97. The molecule has 25 heavy (non-hydrogen) atoms. The van der Waals surface area contributed by atoms with Gasteiger partial charge in [0.1, 0.15) is 5.82 Å². The van der Waals surface area contributed by atoms with E-state index in [0.29, 0.717) is 11.9 Å². The van der Waals surface area contributed by atoms with Gasteiger partial charge in [0.2, 0.25) is 11.8 Å². The Bertz CT molecular complexity index is 572. The summed E-state index contributed by atoms with van der Waals surface area (Å²) >= 11 is 0. The molecule has 0 atom stereocenters. The third-order valence-corrected chi connectivity index (χ3v) is 5.58. The second-order valence-electron chi connectivity index (χ2n) is 6.92. The van der Waals surface area contributed by atoms with Gasteiger partial charge in [0.15, 0.2) is 0 Å². The molecule has 1 aromatic rings. The van der Waals surface area contributed by atoms with E-state index in [1.807, 2.05) is 11.0 Å². The highest BCUT2D eigenvalue weighted by molar-refractivity contribution is 5.73. The monoisotopic (exact) mass is 348 g/mol. The summed E-state index contributed by atoms with van der Waals surface area (Å²) in [5, 5.41) is 0. The molecule has 0 saturated carbocycles. The van der Waals surface area contributed by atoms with E-state index in [0.717, 1.165) is 56.7 Å². The Balaban J connectivity index is 1.56. The van der Waals surface area contributed by atoms with Crippen molar-refractivity contribution in [3.63, 3.8) is 0 Å². The van der Waals surface area contributed by atoms with Crippen LogP contribution in [0, 0.1) is 11.8 Å². The van der Waals surface area contributed by atoms with E-state index in [1.54, 1.807) is 21.1 Å². The molecule has 0 aromatic carbocycles. The Hall–Kier alpha value is -2.05. The summed E-state index contributed by atoms with van der Waals surface area (Å²) < 4.78 is 10.4. The lowest BCUT2D eigenvalue weighted by Gasteiger charge is -2.40. The molecule has 1 amide bonds. The highest BCUT2D eigenvalue weighted by Crippen LogP contribution is 2.34. The zero-order valence-electron chi connectivity index (χ0n) is 15.4. The van der Waals surface area contributed by atoms with Crippen molar-refractivity contribution in [1.82, 2.24) is 14.9 Å². The summed E-state index contributed by atoms with van der Waals surface area (Å²) in [7, 11) is 3.17. The minimum absolute atomic E-state index is 0.208. The van der Waals surface area contributed by atoms with Gasteiger partial charge in [-0.05, 0) is 37.5 Å². The molecule has 1 aromatic heterocycles. The average molecular weight is 348 g/mol. The molecule has 3 rings (SSSR count). The van der Waals surface area contributed by atoms with Crippen molar-refractivity contribution in [3.8, 4) is 11.9 Å².